The van der Waals surface area contributed by atoms with Crippen LogP contribution in [0.15, 0.2) is 22.5 Å². The first kappa shape index (κ1) is 9.67. The molecule has 0 aliphatic carbocycles. The van der Waals surface area contributed by atoms with E-state index < -0.39 is 0 Å². The van der Waals surface area contributed by atoms with E-state index in [-0.39, 0.29) is 0 Å². The highest BCUT2D eigenvalue weighted by Gasteiger charge is 2.00. The molecule has 14 heavy (non-hydrogen) atoms. The van der Waals surface area contributed by atoms with Gasteiger partial charge in [0, 0.05) is 18.6 Å². The van der Waals surface area contributed by atoms with Gasteiger partial charge >= 0.3 is 0 Å². The Morgan fingerprint density at radius 2 is 2.50 bits per heavy atom. The van der Waals surface area contributed by atoms with Gasteiger partial charge in [0.25, 0.3) is 0 Å². The van der Waals surface area contributed by atoms with Crippen LogP contribution in [-0.4, -0.2) is 14.5 Å². The summed E-state index contributed by atoms with van der Waals surface area (Å²) in [7, 11) is 1.97. The molecule has 1 N–H and O–H groups in total. The second kappa shape index (κ2) is 4.10. The highest BCUT2D eigenvalue weighted by Crippen LogP contribution is 2.19. The van der Waals surface area contributed by atoms with E-state index in [0.29, 0.717) is 0 Å². The van der Waals surface area contributed by atoms with Gasteiger partial charge in [0.05, 0.1) is 18.6 Å². The lowest BCUT2D eigenvalue weighted by Gasteiger charge is -2.02. The van der Waals surface area contributed by atoms with E-state index in [2.05, 4.69) is 31.2 Å². The van der Waals surface area contributed by atoms with Gasteiger partial charge in [0.1, 0.15) is 4.60 Å². The molecule has 0 saturated heterocycles. The van der Waals surface area contributed by atoms with Gasteiger partial charge in [-0.2, -0.15) is 0 Å². The Labute approximate surface area is 94.1 Å². The normalized spacial score (nSPS) is 10.4. The third-order valence-corrected chi connectivity index (χ3v) is 3.32. The average Bonchev–Trinajstić information content (AvgIpc) is 2.72. The van der Waals surface area contributed by atoms with E-state index in [0.717, 1.165) is 22.0 Å². The zero-order valence-corrected chi connectivity index (χ0v) is 9.97. The summed E-state index contributed by atoms with van der Waals surface area (Å²) in [5.74, 6) is 0. The molecule has 2 aromatic heterocycles. The smallest absolute Gasteiger partial charge is 0.184 e. The van der Waals surface area contributed by atoms with Crippen LogP contribution in [0, 0.1) is 0 Å². The van der Waals surface area contributed by atoms with Gasteiger partial charge in [0.15, 0.2) is 5.13 Å². The van der Waals surface area contributed by atoms with Gasteiger partial charge < -0.3 is 9.88 Å². The first-order valence-corrected chi connectivity index (χ1v) is 5.73. The molecule has 0 bridgehead atoms. The molecule has 0 aliphatic rings. The molecular weight excluding hydrogens is 264 g/mol. The van der Waals surface area contributed by atoms with E-state index >= 15 is 0 Å². The lowest BCUT2D eigenvalue weighted by Crippen LogP contribution is -2.03. The summed E-state index contributed by atoms with van der Waals surface area (Å²) in [6.45, 7) is 0.746. The molecule has 2 aromatic rings. The summed E-state index contributed by atoms with van der Waals surface area (Å²) >= 11 is 4.89. The number of nitrogens with one attached hydrogen (secondary N) is 1. The van der Waals surface area contributed by atoms with Crippen molar-refractivity contribution >= 4 is 32.4 Å². The molecule has 0 unspecified atom stereocenters. The van der Waals surface area contributed by atoms with Crippen LogP contribution in [0.4, 0.5) is 5.13 Å². The van der Waals surface area contributed by atoms with Crippen molar-refractivity contribution in [3.63, 3.8) is 0 Å². The molecule has 0 aliphatic heterocycles. The zero-order valence-electron chi connectivity index (χ0n) is 7.57. The number of rotatable bonds is 3. The maximum Gasteiger partial charge on any atom is 0.184 e. The summed E-state index contributed by atoms with van der Waals surface area (Å²) in [5, 5.41) is 6.09. The van der Waals surface area contributed by atoms with Gasteiger partial charge in [-0.25, -0.2) is 9.97 Å². The van der Waals surface area contributed by atoms with E-state index in [9.17, 15) is 0 Å². The first-order valence-electron chi connectivity index (χ1n) is 4.06. The molecule has 0 atom stereocenters. The number of anilines is 1. The van der Waals surface area contributed by atoms with Crippen LogP contribution in [0.25, 0.3) is 0 Å². The third-order valence-electron chi connectivity index (χ3n) is 1.81. The van der Waals surface area contributed by atoms with Crippen molar-refractivity contribution in [3.05, 3.63) is 28.2 Å². The Hall–Kier alpha value is -0.880. The van der Waals surface area contributed by atoms with Gasteiger partial charge in [-0.3, -0.25) is 0 Å². The van der Waals surface area contributed by atoms with Crippen LogP contribution < -0.4 is 5.32 Å². The number of hydrogen-bond donors (Lipinski definition) is 1. The van der Waals surface area contributed by atoms with Crippen molar-refractivity contribution in [1.82, 2.24) is 14.5 Å². The van der Waals surface area contributed by atoms with Gasteiger partial charge in [0.2, 0.25) is 0 Å². The number of thiazole rings is 1. The second-order valence-corrected chi connectivity index (χ2v) is 4.50. The maximum atomic E-state index is 4.23. The van der Waals surface area contributed by atoms with Crippen LogP contribution in [0.3, 0.4) is 0 Å². The molecule has 6 heteroatoms. The topological polar surface area (TPSA) is 42.7 Å². The maximum absolute atomic E-state index is 4.23. The molecule has 2 rings (SSSR count). The van der Waals surface area contributed by atoms with Crippen LogP contribution in [0.2, 0.25) is 0 Å². The molecule has 74 valence electrons. The van der Waals surface area contributed by atoms with Crippen molar-refractivity contribution < 1.29 is 0 Å². The third kappa shape index (κ3) is 2.13. The van der Waals surface area contributed by atoms with Crippen molar-refractivity contribution in [2.24, 2.45) is 7.05 Å². The quantitative estimate of drug-likeness (QED) is 0.932. The molecule has 0 radical (unpaired) electrons. The van der Waals surface area contributed by atoms with E-state index in [1.54, 1.807) is 17.7 Å². The first-order chi connectivity index (χ1) is 6.75. The summed E-state index contributed by atoms with van der Waals surface area (Å²) in [6, 6.07) is 0. The monoisotopic (exact) mass is 272 g/mol. The zero-order chi connectivity index (χ0) is 9.97. The van der Waals surface area contributed by atoms with Crippen molar-refractivity contribution in [1.29, 1.82) is 0 Å². The molecule has 0 amide bonds. The largest absolute Gasteiger partial charge is 0.356 e. The van der Waals surface area contributed by atoms with Crippen LogP contribution in [-0.2, 0) is 13.6 Å². The van der Waals surface area contributed by atoms with Gasteiger partial charge in [-0.1, -0.05) is 0 Å². The summed E-state index contributed by atoms with van der Waals surface area (Å²) in [4.78, 5) is 8.27. The molecule has 4 nitrogen and oxygen atoms in total. The fourth-order valence-corrected chi connectivity index (χ4v) is 2.20. The molecule has 0 fully saturated rings. The summed E-state index contributed by atoms with van der Waals surface area (Å²) < 4.78 is 2.85. The van der Waals surface area contributed by atoms with Crippen molar-refractivity contribution in [2.45, 2.75) is 6.54 Å². The minimum atomic E-state index is 0.746. The molecular formula is C8H9BrN4S. The minimum Gasteiger partial charge on any atom is -0.356 e. The fourth-order valence-electron chi connectivity index (χ4n) is 1.06. The van der Waals surface area contributed by atoms with Crippen LogP contribution in [0.1, 0.15) is 5.69 Å². The van der Waals surface area contributed by atoms with E-state index in [4.69, 9.17) is 0 Å². The fraction of sp³-hybridized carbons (Fsp3) is 0.250. The average molecular weight is 273 g/mol. The number of hydrogen-bond acceptors (Lipinski definition) is 4. The van der Waals surface area contributed by atoms with E-state index in [1.807, 2.05) is 23.2 Å². The van der Waals surface area contributed by atoms with Gasteiger partial charge in [-0.15, -0.1) is 11.3 Å². The minimum absolute atomic E-state index is 0.746. The second-order valence-electron chi connectivity index (χ2n) is 2.82. The van der Waals surface area contributed by atoms with Crippen molar-refractivity contribution in [3.8, 4) is 0 Å². The Balaban J connectivity index is 1.98. The van der Waals surface area contributed by atoms with Gasteiger partial charge in [-0.05, 0) is 15.9 Å². The highest BCUT2D eigenvalue weighted by atomic mass is 79.9. The number of aryl methyl sites for hydroxylation is 1. The number of aromatic nitrogens is 3. The SMILES string of the molecule is Cn1cncc1CNc1nc(Br)cs1. The van der Waals surface area contributed by atoms with Crippen molar-refractivity contribution in [2.75, 3.05) is 5.32 Å². The van der Waals surface area contributed by atoms with Crippen LogP contribution >= 0.6 is 27.3 Å². The lowest BCUT2D eigenvalue weighted by atomic mass is 10.5. The van der Waals surface area contributed by atoms with Crippen LogP contribution in [0.5, 0.6) is 0 Å². The molecule has 0 spiro atoms. The molecule has 0 saturated carbocycles. The highest BCUT2D eigenvalue weighted by molar-refractivity contribution is 9.10. The Morgan fingerprint density at radius 3 is 3.07 bits per heavy atom. The predicted molar refractivity (Wildman–Crippen MR) is 60.3 cm³/mol. The Morgan fingerprint density at radius 1 is 1.64 bits per heavy atom. The number of nitrogens with zero attached hydrogens (tertiary/aromatic N) is 3. The molecule has 0 aromatic carbocycles. The standard InChI is InChI=1S/C8H9BrN4S/c1-13-5-10-2-6(13)3-11-8-12-7(9)4-14-8/h2,4-5H,3H2,1H3,(H,11,12). The predicted octanol–water partition coefficient (Wildman–Crippen LogP) is 2.25. The lowest BCUT2D eigenvalue weighted by molar-refractivity contribution is 0.837. The Bertz CT molecular complexity index is 422. The summed E-state index contributed by atoms with van der Waals surface area (Å²) in [6.07, 6.45) is 3.63. The Kier molecular flexibility index (Phi) is 2.83. The number of imidazole rings is 1. The van der Waals surface area contributed by atoms with E-state index in [1.165, 1.54) is 0 Å². The summed E-state index contributed by atoms with van der Waals surface area (Å²) in [5.41, 5.74) is 1.14. The molecule has 2 heterocycles. The number of halogens is 1.